The fourth-order valence-electron chi connectivity index (χ4n) is 5.15. The third-order valence-corrected chi connectivity index (χ3v) is 7.15. The number of phenolic OH excluding ortho intramolecular Hbond substituents is 1. The van der Waals surface area contributed by atoms with Gasteiger partial charge in [0, 0.05) is 32.7 Å². The standard InChI is InChI=1S/C30H31FN2O6/c1-18-13-23(34)20(17-32-9-11-33(12-10-32)22-8-6-5-7-21(22)31)29-27(18)28(35)24(39-29)14-19-15-25(36-2)30(38-4)26(16-19)37-3/h5-8,13-16,34H,9-12,17H2,1-4H3/b24-14+. The number of fused-ring (bicyclic) bond motifs is 1. The number of methoxy groups -OCH3 is 3. The molecule has 0 bridgehead atoms. The Labute approximate surface area is 226 Å². The van der Waals surface area contributed by atoms with Crippen molar-refractivity contribution in [1.29, 1.82) is 0 Å². The van der Waals surface area contributed by atoms with Gasteiger partial charge in [-0.3, -0.25) is 9.69 Å². The Hall–Kier alpha value is -4.24. The van der Waals surface area contributed by atoms with Crippen LogP contribution in [0.15, 0.2) is 48.2 Å². The van der Waals surface area contributed by atoms with Crippen molar-refractivity contribution in [3.63, 3.8) is 0 Å². The minimum Gasteiger partial charge on any atom is -0.507 e. The van der Waals surface area contributed by atoms with Gasteiger partial charge in [-0.1, -0.05) is 12.1 Å². The van der Waals surface area contributed by atoms with E-state index in [1.165, 1.54) is 27.4 Å². The van der Waals surface area contributed by atoms with Gasteiger partial charge in [0.2, 0.25) is 11.5 Å². The third-order valence-electron chi connectivity index (χ3n) is 7.15. The number of carbonyl (C=O) groups is 1. The first-order chi connectivity index (χ1) is 18.8. The highest BCUT2D eigenvalue weighted by molar-refractivity contribution is 6.16. The van der Waals surface area contributed by atoms with Crippen LogP contribution >= 0.6 is 0 Å². The molecule has 2 aliphatic rings. The Kier molecular flexibility index (Phi) is 7.34. The second-order valence-corrected chi connectivity index (χ2v) is 9.51. The van der Waals surface area contributed by atoms with E-state index >= 15 is 0 Å². The molecule has 204 valence electrons. The molecule has 5 rings (SSSR count). The predicted octanol–water partition coefficient (Wildman–Crippen LogP) is 4.80. The number of aromatic hydroxyl groups is 1. The number of anilines is 1. The zero-order chi connectivity index (χ0) is 27.7. The maximum Gasteiger partial charge on any atom is 0.232 e. The molecule has 1 fully saturated rings. The molecule has 9 heteroatoms. The van der Waals surface area contributed by atoms with E-state index in [-0.39, 0.29) is 23.1 Å². The number of nitrogens with zero attached hydrogens (tertiary/aromatic N) is 2. The topological polar surface area (TPSA) is 80.7 Å². The van der Waals surface area contributed by atoms with Crippen molar-refractivity contribution in [2.24, 2.45) is 0 Å². The summed E-state index contributed by atoms with van der Waals surface area (Å²) in [4.78, 5) is 17.6. The molecule has 0 atom stereocenters. The SMILES string of the molecule is COc1cc(/C=C2/Oc3c(CN4CCN(c5ccccc5F)CC4)c(O)cc(C)c3C2=O)cc(OC)c1OC. The number of carbonyl (C=O) groups excluding carboxylic acids is 1. The number of Topliss-reactive ketones (excluding diaryl/α,β-unsaturated/α-hetero) is 1. The fraction of sp³-hybridized carbons (Fsp3) is 0.300. The van der Waals surface area contributed by atoms with Crippen LogP contribution in [0.4, 0.5) is 10.1 Å². The molecule has 8 nitrogen and oxygen atoms in total. The van der Waals surface area contributed by atoms with E-state index in [0.29, 0.717) is 83.7 Å². The summed E-state index contributed by atoms with van der Waals surface area (Å²) in [7, 11) is 4.57. The first kappa shape index (κ1) is 26.4. The number of ether oxygens (including phenoxy) is 4. The Morgan fingerprint density at radius 2 is 1.67 bits per heavy atom. The number of piperazine rings is 1. The first-order valence-electron chi connectivity index (χ1n) is 12.7. The van der Waals surface area contributed by atoms with E-state index in [9.17, 15) is 14.3 Å². The highest BCUT2D eigenvalue weighted by Crippen LogP contribution is 2.44. The van der Waals surface area contributed by atoms with Crippen molar-refractivity contribution in [3.05, 3.63) is 76.3 Å². The van der Waals surface area contributed by atoms with Crippen molar-refractivity contribution in [1.82, 2.24) is 4.90 Å². The van der Waals surface area contributed by atoms with Gasteiger partial charge >= 0.3 is 0 Å². The van der Waals surface area contributed by atoms with E-state index in [1.54, 1.807) is 43.3 Å². The molecule has 39 heavy (non-hydrogen) atoms. The summed E-state index contributed by atoms with van der Waals surface area (Å²) in [5.41, 5.74) is 2.84. The van der Waals surface area contributed by atoms with Crippen molar-refractivity contribution >= 4 is 17.5 Å². The molecule has 1 N–H and O–H groups in total. The van der Waals surface area contributed by atoms with Gasteiger partial charge in [0.05, 0.1) is 38.1 Å². The minimum absolute atomic E-state index is 0.0737. The number of allylic oxidation sites excluding steroid dienone is 1. The number of aryl methyl sites for hydroxylation is 1. The molecule has 0 unspecified atom stereocenters. The molecule has 2 aliphatic heterocycles. The van der Waals surface area contributed by atoms with Crippen molar-refractivity contribution < 1.29 is 33.2 Å². The van der Waals surface area contributed by atoms with E-state index in [4.69, 9.17) is 18.9 Å². The largest absolute Gasteiger partial charge is 0.507 e. The van der Waals surface area contributed by atoms with Crippen LogP contribution in [-0.2, 0) is 6.54 Å². The summed E-state index contributed by atoms with van der Waals surface area (Å²) in [5.74, 6) is 1.43. The van der Waals surface area contributed by atoms with E-state index in [1.807, 2.05) is 11.0 Å². The molecule has 1 saturated heterocycles. The average Bonchev–Trinajstić information content (AvgIpc) is 3.26. The summed E-state index contributed by atoms with van der Waals surface area (Å²) < 4.78 is 36.6. The third kappa shape index (κ3) is 4.97. The van der Waals surface area contributed by atoms with E-state index < -0.39 is 0 Å². The van der Waals surface area contributed by atoms with E-state index in [2.05, 4.69) is 4.90 Å². The molecule has 0 saturated carbocycles. The lowest BCUT2D eigenvalue weighted by atomic mass is 9.99. The smallest absolute Gasteiger partial charge is 0.232 e. The normalized spacial score (nSPS) is 16.3. The molecule has 2 heterocycles. The fourth-order valence-corrected chi connectivity index (χ4v) is 5.15. The van der Waals surface area contributed by atoms with Crippen molar-refractivity contribution in [2.45, 2.75) is 13.5 Å². The molecule has 3 aromatic carbocycles. The molecule has 0 aliphatic carbocycles. The number of para-hydroxylation sites is 1. The highest BCUT2D eigenvalue weighted by Gasteiger charge is 2.34. The summed E-state index contributed by atoms with van der Waals surface area (Å²) in [5, 5.41) is 10.9. The molecular weight excluding hydrogens is 503 g/mol. The monoisotopic (exact) mass is 534 g/mol. The molecule has 0 spiro atoms. The van der Waals surface area contributed by atoms with E-state index in [0.717, 1.165) is 0 Å². The Morgan fingerprint density at radius 1 is 1.00 bits per heavy atom. The average molecular weight is 535 g/mol. The first-order valence-corrected chi connectivity index (χ1v) is 12.7. The van der Waals surface area contributed by atoms with Gasteiger partial charge in [0.15, 0.2) is 17.3 Å². The van der Waals surface area contributed by atoms with Crippen LogP contribution in [0.1, 0.15) is 27.0 Å². The van der Waals surface area contributed by atoms with Gasteiger partial charge in [0.1, 0.15) is 17.3 Å². The van der Waals surface area contributed by atoms with Crippen LogP contribution in [0.3, 0.4) is 0 Å². The number of rotatable bonds is 7. The number of halogens is 1. The lowest BCUT2D eigenvalue weighted by molar-refractivity contribution is 0.101. The number of benzene rings is 3. The lowest BCUT2D eigenvalue weighted by Gasteiger charge is -2.36. The van der Waals surface area contributed by atoms with Gasteiger partial charge in [0.25, 0.3) is 0 Å². The van der Waals surface area contributed by atoms with Gasteiger partial charge in [-0.25, -0.2) is 4.39 Å². The molecule has 3 aromatic rings. The Bertz CT molecular complexity index is 1420. The van der Waals surface area contributed by atoms with Crippen LogP contribution in [-0.4, -0.2) is 63.3 Å². The van der Waals surface area contributed by atoms with Crippen molar-refractivity contribution in [3.8, 4) is 28.7 Å². The van der Waals surface area contributed by atoms with Crippen LogP contribution < -0.4 is 23.8 Å². The summed E-state index contributed by atoms with van der Waals surface area (Å²) in [6.07, 6.45) is 1.63. The van der Waals surface area contributed by atoms with Crippen LogP contribution in [0, 0.1) is 12.7 Å². The Morgan fingerprint density at radius 3 is 2.28 bits per heavy atom. The van der Waals surface area contributed by atoms with Gasteiger partial charge in [-0.15, -0.1) is 0 Å². The molecule has 0 aromatic heterocycles. The molecule has 0 amide bonds. The zero-order valence-electron chi connectivity index (χ0n) is 22.4. The van der Waals surface area contributed by atoms with Gasteiger partial charge in [-0.2, -0.15) is 0 Å². The quantitative estimate of drug-likeness (QED) is 0.433. The van der Waals surface area contributed by atoms with Crippen LogP contribution in [0.5, 0.6) is 28.7 Å². The van der Waals surface area contributed by atoms with Gasteiger partial charge in [-0.05, 0) is 54.5 Å². The number of phenols is 1. The minimum atomic E-state index is -0.262. The highest BCUT2D eigenvalue weighted by atomic mass is 19.1. The second kappa shape index (κ2) is 10.9. The summed E-state index contributed by atoms with van der Waals surface area (Å²) >= 11 is 0. The van der Waals surface area contributed by atoms with Gasteiger partial charge < -0.3 is 29.0 Å². The maximum atomic E-state index is 14.2. The summed E-state index contributed by atoms with van der Waals surface area (Å²) in [6.45, 7) is 4.78. The van der Waals surface area contributed by atoms with Crippen molar-refractivity contribution in [2.75, 3.05) is 52.4 Å². The van der Waals surface area contributed by atoms with Crippen LogP contribution in [0.2, 0.25) is 0 Å². The number of ketones is 1. The zero-order valence-corrected chi connectivity index (χ0v) is 22.4. The summed E-state index contributed by atoms with van der Waals surface area (Å²) in [6, 6.07) is 11.8. The van der Waals surface area contributed by atoms with Crippen LogP contribution in [0.25, 0.3) is 6.08 Å². The number of hydrogen-bond acceptors (Lipinski definition) is 8. The molecule has 0 radical (unpaired) electrons. The number of hydrogen-bond donors (Lipinski definition) is 1. The second-order valence-electron chi connectivity index (χ2n) is 9.51. The Balaban J connectivity index is 1.40. The maximum absolute atomic E-state index is 14.2. The molecular formula is C30H31FN2O6. The lowest BCUT2D eigenvalue weighted by Crippen LogP contribution is -2.46. The predicted molar refractivity (Wildman–Crippen MR) is 146 cm³/mol.